The molecule has 0 spiro atoms. The van der Waals surface area contributed by atoms with Gasteiger partial charge in [0.1, 0.15) is 0 Å². The van der Waals surface area contributed by atoms with Crippen molar-refractivity contribution in [2.75, 3.05) is 13.1 Å². The Balaban J connectivity index is 1.58. The number of amides is 1. The molecule has 1 aliphatic heterocycles. The first-order valence-corrected chi connectivity index (χ1v) is 8.92. The fourth-order valence-electron chi connectivity index (χ4n) is 4.52. The van der Waals surface area contributed by atoms with Crippen LogP contribution in [-0.2, 0) is 9.59 Å². The van der Waals surface area contributed by atoms with E-state index in [9.17, 15) is 14.7 Å². The molecule has 3 rings (SSSR count). The van der Waals surface area contributed by atoms with Gasteiger partial charge < -0.3 is 15.3 Å². The highest BCUT2D eigenvalue weighted by molar-refractivity contribution is 5.80. The van der Waals surface area contributed by atoms with Crippen molar-refractivity contribution in [3.8, 4) is 0 Å². The molecule has 0 aromatic heterocycles. The highest BCUT2D eigenvalue weighted by atomic mass is 16.4. The second-order valence-corrected chi connectivity index (χ2v) is 7.25. The molecule has 0 bridgehead atoms. The summed E-state index contributed by atoms with van der Waals surface area (Å²) < 4.78 is 0. The van der Waals surface area contributed by atoms with Crippen molar-refractivity contribution in [1.82, 2.24) is 10.2 Å². The Kier molecular flexibility index (Phi) is 5.01. The number of aliphatic carboxylic acids is 1. The Morgan fingerprint density at radius 3 is 2.27 bits per heavy atom. The van der Waals surface area contributed by atoms with Crippen molar-refractivity contribution in [2.24, 2.45) is 11.8 Å². The molecule has 1 heterocycles. The number of carboxylic acids is 1. The molecule has 1 amide bonds. The van der Waals surface area contributed by atoms with Crippen LogP contribution in [0.15, 0.2) is 0 Å². The molecule has 3 fully saturated rings. The van der Waals surface area contributed by atoms with Crippen molar-refractivity contribution in [1.29, 1.82) is 0 Å². The third-order valence-electron chi connectivity index (χ3n) is 5.85. The summed E-state index contributed by atoms with van der Waals surface area (Å²) in [6.07, 6.45) is 9.15. The lowest BCUT2D eigenvalue weighted by atomic mass is 9.80. The molecule has 3 atom stereocenters. The topological polar surface area (TPSA) is 69.6 Å². The van der Waals surface area contributed by atoms with Crippen molar-refractivity contribution < 1.29 is 14.7 Å². The average Bonchev–Trinajstić information content (AvgIpc) is 3.21. The second kappa shape index (κ2) is 6.99. The molecule has 124 valence electrons. The van der Waals surface area contributed by atoms with Crippen LogP contribution in [0, 0.1) is 11.8 Å². The van der Waals surface area contributed by atoms with Gasteiger partial charge in [-0.25, -0.2) is 0 Å². The van der Waals surface area contributed by atoms with Gasteiger partial charge in [0.15, 0.2) is 0 Å². The number of carbonyl (C=O) groups excluding carboxylic acids is 1. The SMILES string of the molecule is O=C(NC1CCC(N2CCCC2)CC1C(=O)O)C1CCCC1. The molecule has 5 nitrogen and oxygen atoms in total. The van der Waals surface area contributed by atoms with Crippen LogP contribution < -0.4 is 5.32 Å². The number of carbonyl (C=O) groups is 2. The third-order valence-corrected chi connectivity index (χ3v) is 5.85. The van der Waals surface area contributed by atoms with Crippen molar-refractivity contribution >= 4 is 11.9 Å². The number of rotatable bonds is 4. The Hall–Kier alpha value is -1.10. The maximum Gasteiger partial charge on any atom is 0.308 e. The van der Waals surface area contributed by atoms with Crippen LogP contribution in [-0.4, -0.2) is 47.1 Å². The van der Waals surface area contributed by atoms with E-state index < -0.39 is 11.9 Å². The van der Waals surface area contributed by atoms with Gasteiger partial charge in [-0.3, -0.25) is 9.59 Å². The lowest BCUT2D eigenvalue weighted by molar-refractivity contribution is -0.145. The lowest BCUT2D eigenvalue weighted by Gasteiger charge is -2.38. The number of likely N-dealkylation sites (tertiary alicyclic amines) is 1. The summed E-state index contributed by atoms with van der Waals surface area (Å²) in [7, 11) is 0. The van der Waals surface area contributed by atoms with E-state index in [2.05, 4.69) is 10.2 Å². The molecule has 5 heteroatoms. The molecule has 3 unspecified atom stereocenters. The van der Waals surface area contributed by atoms with E-state index in [0.717, 1.165) is 51.6 Å². The molecule has 2 saturated carbocycles. The zero-order valence-corrected chi connectivity index (χ0v) is 13.3. The van der Waals surface area contributed by atoms with E-state index >= 15 is 0 Å². The molecular formula is C17H28N2O3. The second-order valence-electron chi connectivity index (χ2n) is 7.25. The number of hydrogen-bond donors (Lipinski definition) is 2. The minimum atomic E-state index is -0.749. The Morgan fingerprint density at radius 1 is 0.955 bits per heavy atom. The number of nitrogens with one attached hydrogen (secondary N) is 1. The quantitative estimate of drug-likeness (QED) is 0.833. The van der Waals surface area contributed by atoms with E-state index in [1.54, 1.807) is 0 Å². The summed E-state index contributed by atoms with van der Waals surface area (Å²) in [5, 5.41) is 12.6. The molecule has 0 aromatic carbocycles. The lowest BCUT2D eigenvalue weighted by Crippen LogP contribution is -2.51. The summed E-state index contributed by atoms with van der Waals surface area (Å²) in [5.41, 5.74) is 0. The Bertz CT molecular complexity index is 414. The number of carboxylic acid groups (broad SMARTS) is 1. The minimum absolute atomic E-state index is 0.0911. The van der Waals surface area contributed by atoms with Crippen molar-refractivity contribution in [3.05, 3.63) is 0 Å². The van der Waals surface area contributed by atoms with Gasteiger partial charge in [-0.05, 0) is 58.0 Å². The monoisotopic (exact) mass is 308 g/mol. The summed E-state index contributed by atoms with van der Waals surface area (Å²) in [6.45, 7) is 2.21. The van der Waals surface area contributed by atoms with Gasteiger partial charge in [0, 0.05) is 18.0 Å². The van der Waals surface area contributed by atoms with E-state index in [0.29, 0.717) is 12.5 Å². The smallest absolute Gasteiger partial charge is 0.308 e. The van der Waals surface area contributed by atoms with Crippen LogP contribution in [0.5, 0.6) is 0 Å². The minimum Gasteiger partial charge on any atom is -0.481 e. The van der Waals surface area contributed by atoms with E-state index in [1.165, 1.54) is 12.8 Å². The molecule has 2 aliphatic carbocycles. The maximum atomic E-state index is 12.3. The first-order chi connectivity index (χ1) is 10.6. The first kappa shape index (κ1) is 15.8. The summed E-state index contributed by atoms with van der Waals surface area (Å²) in [4.78, 5) is 26.4. The van der Waals surface area contributed by atoms with Gasteiger partial charge in [-0.2, -0.15) is 0 Å². The van der Waals surface area contributed by atoms with Crippen LogP contribution in [0.25, 0.3) is 0 Å². The molecule has 3 aliphatic rings. The normalized spacial score (nSPS) is 33.9. The number of nitrogens with zero attached hydrogens (tertiary/aromatic N) is 1. The molecule has 0 radical (unpaired) electrons. The molecular weight excluding hydrogens is 280 g/mol. The summed E-state index contributed by atoms with van der Waals surface area (Å²) in [6, 6.07) is 0.215. The van der Waals surface area contributed by atoms with E-state index in [1.807, 2.05) is 0 Å². The average molecular weight is 308 g/mol. The molecule has 22 heavy (non-hydrogen) atoms. The Morgan fingerprint density at radius 2 is 1.64 bits per heavy atom. The van der Waals surface area contributed by atoms with Gasteiger partial charge >= 0.3 is 5.97 Å². The fourth-order valence-corrected chi connectivity index (χ4v) is 4.52. The van der Waals surface area contributed by atoms with Gasteiger partial charge in [-0.1, -0.05) is 12.8 Å². The highest BCUT2D eigenvalue weighted by Gasteiger charge is 2.39. The van der Waals surface area contributed by atoms with Crippen LogP contribution in [0.4, 0.5) is 0 Å². The van der Waals surface area contributed by atoms with Gasteiger partial charge in [0.25, 0.3) is 0 Å². The standard InChI is InChI=1S/C17H28N2O3/c20-16(12-5-1-2-6-12)18-15-8-7-13(11-14(15)17(21)22)19-9-3-4-10-19/h12-15H,1-11H2,(H,18,20)(H,21,22). The van der Waals surface area contributed by atoms with Crippen LogP contribution in [0.3, 0.4) is 0 Å². The maximum absolute atomic E-state index is 12.3. The largest absolute Gasteiger partial charge is 0.481 e. The number of hydrogen-bond acceptors (Lipinski definition) is 3. The zero-order chi connectivity index (χ0) is 15.5. The van der Waals surface area contributed by atoms with Crippen LogP contribution >= 0.6 is 0 Å². The fraction of sp³-hybridized carbons (Fsp3) is 0.882. The van der Waals surface area contributed by atoms with Crippen LogP contribution in [0.2, 0.25) is 0 Å². The van der Waals surface area contributed by atoms with Gasteiger partial charge in [0.05, 0.1) is 5.92 Å². The first-order valence-electron chi connectivity index (χ1n) is 8.92. The highest BCUT2D eigenvalue weighted by Crippen LogP contribution is 2.31. The Labute approximate surface area is 132 Å². The predicted molar refractivity (Wildman–Crippen MR) is 83.5 cm³/mol. The predicted octanol–water partition coefficient (Wildman–Crippen LogP) is 2.01. The third kappa shape index (κ3) is 3.45. The van der Waals surface area contributed by atoms with E-state index in [-0.39, 0.29) is 17.9 Å². The van der Waals surface area contributed by atoms with Crippen molar-refractivity contribution in [3.63, 3.8) is 0 Å². The van der Waals surface area contributed by atoms with Crippen LogP contribution in [0.1, 0.15) is 57.8 Å². The molecule has 1 saturated heterocycles. The zero-order valence-electron chi connectivity index (χ0n) is 13.3. The molecule has 2 N–H and O–H groups in total. The van der Waals surface area contributed by atoms with Crippen molar-refractivity contribution in [2.45, 2.75) is 69.9 Å². The van der Waals surface area contributed by atoms with Gasteiger partial charge in [-0.15, -0.1) is 0 Å². The summed E-state index contributed by atoms with van der Waals surface area (Å²) in [5.74, 6) is -0.968. The summed E-state index contributed by atoms with van der Waals surface area (Å²) >= 11 is 0. The van der Waals surface area contributed by atoms with Gasteiger partial charge in [0.2, 0.25) is 5.91 Å². The molecule has 0 aromatic rings. The van der Waals surface area contributed by atoms with E-state index in [4.69, 9.17) is 0 Å².